The molecular formula is C59H79FN2O10. The van der Waals surface area contributed by atoms with Gasteiger partial charge < -0.3 is 38.7 Å². The molecule has 1 saturated carbocycles. The Morgan fingerprint density at radius 1 is 0.889 bits per heavy atom. The lowest BCUT2D eigenvalue weighted by atomic mass is 9.55. The van der Waals surface area contributed by atoms with Crippen LogP contribution in [0.1, 0.15) is 163 Å². The number of nitrogens with zero attached hydrogens (tertiary/aromatic N) is 2. The van der Waals surface area contributed by atoms with Gasteiger partial charge in [0.05, 0.1) is 31.5 Å². The number of allylic oxidation sites excluding steroid dienone is 1. The van der Waals surface area contributed by atoms with E-state index in [9.17, 15) is 19.4 Å². The van der Waals surface area contributed by atoms with E-state index in [1.165, 1.54) is 50.7 Å². The van der Waals surface area contributed by atoms with E-state index < -0.39 is 30.1 Å². The van der Waals surface area contributed by atoms with Gasteiger partial charge in [-0.3, -0.25) is 9.69 Å². The summed E-state index contributed by atoms with van der Waals surface area (Å²) in [6.45, 7) is 7.38. The lowest BCUT2D eigenvalue weighted by Crippen LogP contribution is -2.70. The number of ether oxygens (including phenoxy) is 5. The van der Waals surface area contributed by atoms with Gasteiger partial charge in [0.2, 0.25) is 12.1 Å². The van der Waals surface area contributed by atoms with Crippen LogP contribution in [0.5, 0.6) is 17.2 Å². The Balaban J connectivity index is 1.34. The van der Waals surface area contributed by atoms with Crippen molar-refractivity contribution in [2.45, 2.75) is 166 Å². The van der Waals surface area contributed by atoms with E-state index in [4.69, 9.17) is 33.7 Å². The summed E-state index contributed by atoms with van der Waals surface area (Å²) < 4.78 is 47.9. The van der Waals surface area contributed by atoms with Crippen LogP contribution in [-0.2, 0) is 25.6 Å². The van der Waals surface area contributed by atoms with Crippen molar-refractivity contribution < 1.29 is 52.7 Å². The molecule has 0 bridgehead atoms. The van der Waals surface area contributed by atoms with Crippen molar-refractivity contribution in [3.63, 3.8) is 0 Å². The van der Waals surface area contributed by atoms with E-state index >= 15 is 4.79 Å². The molecule has 7 atom stereocenters. The van der Waals surface area contributed by atoms with Crippen LogP contribution in [0.25, 0.3) is 0 Å². The number of carbonyl (C=O) groups is 2. The van der Waals surface area contributed by atoms with Crippen molar-refractivity contribution in [2.24, 2.45) is 22.9 Å². The molecule has 0 radical (unpaired) electrons. The molecule has 3 aromatic carbocycles. The zero-order chi connectivity index (χ0) is 50.5. The molecule has 12 nitrogen and oxygen atoms in total. The van der Waals surface area contributed by atoms with Crippen molar-refractivity contribution in [3.8, 4) is 17.2 Å². The number of oxime groups is 1. The van der Waals surface area contributed by atoms with Crippen LogP contribution in [0.4, 0.5) is 9.18 Å². The van der Waals surface area contributed by atoms with Crippen molar-refractivity contribution in [2.75, 3.05) is 33.0 Å². The summed E-state index contributed by atoms with van der Waals surface area (Å²) in [5.41, 5.74) is 3.60. The highest BCUT2D eigenvalue weighted by Gasteiger charge is 2.66. The minimum Gasteiger partial charge on any atom is -0.459 e. The average Bonchev–Trinajstić information content (AvgIpc) is 3.40. The monoisotopic (exact) mass is 995 g/mol. The fraction of sp³-hybridized carbons (Fsp3) is 0.576. The van der Waals surface area contributed by atoms with Gasteiger partial charge in [-0.2, -0.15) is 0 Å². The van der Waals surface area contributed by atoms with Gasteiger partial charge in [0.1, 0.15) is 35.4 Å². The second-order valence-corrected chi connectivity index (χ2v) is 20.0. The van der Waals surface area contributed by atoms with E-state index in [1.807, 2.05) is 24.3 Å². The fourth-order valence-corrected chi connectivity index (χ4v) is 11.3. The van der Waals surface area contributed by atoms with Crippen LogP contribution < -0.4 is 9.47 Å². The highest BCUT2D eigenvalue weighted by molar-refractivity contribution is 6.03. The van der Waals surface area contributed by atoms with Gasteiger partial charge >= 0.3 is 6.09 Å². The van der Waals surface area contributed by atoms with Gasteiger partial charge in [-0.05, 0) is 110 Å². The first-order chi connectivity index (χ1) is 35.3. The van der Waals surface area contributed by atoms with Crippen LogP contribution in [0.2, 0.25) is 0 Å². The summed E-state index contributed by atoms with van der Waals surface area (Å²) in [5.74, 6) is -1.21. The lowest BCUT2D eigenvalue weighted by molar-refractivity contribution is -0.256. The van der Waals surface area contributed by atoms with Crippen LogP contribution in [-0.4, -0.2) is 84.4 Å². The number of halogens is 1. The Morgan fingerprint density at radius 2 is 1.62 bits per heavy atom. The average molecular weight is 995 g/mol. The molecule has 4 aliphatic rings. The Hall–Kier alpha value is -5.08. The van der Waals surface area contributed by atoms with Crippen LogP contribution in [0.3, 0.4) is 0 Å². The van der Waals surface area contributed by atoms with E-state index in [0.717, 1.165) is 81.6 Å². The van der Waals surface area contributed by atoms with E-state index in [2.05, 4.69) is 19.6 Å². The number of fused-ring (bicyclic) bond motifs is 2. The SMILES string of the molecule is C=CCO[C@@]12Oc3ccc(Oc4cccc(C=O)c4)cc3[C@H]3[C@H](CCCCO)[C@@H](CCCCO)C=C(C(=NOC4CCCCO4)C[C@@H]1N(Cc1ccc(F)cc1)C(=O)OCCCCCCCCCCCC)[C@H]32. The van der Waals surface area contributed by atoms with E-state index in [0.29, 0.717) is 60.0 Å². The number of benzene rings is 3. The molecule has 392 valence electrons. The number of rotatable bonds is 30. The topological polar surface area (TPSA) is 146 Å². The maximum absolute atomic E-state index is 15.1. The van der Waals surface area contributed by atoms with Gasteiger partial charge in [-0.25, -0.2) is 9.18 Å². The van der Waals surface area contributed by atoms with Gasteiger partial charge in [0.15, 0.2) is 0 Å². The summed E-state index contributed by atoms with van der Waals surface area (Å²) in [5, 5.41) is 25.1. The number of aldehydes is 1. The van der Waals surface area contributed by atoms with Crippen molar-refractivity contribution in [3.05, 3.63) is 114 Å². The van der Waals surface area contributed by atoms with Crippen LogP contribution in [0.15, 0.2) is 96.2 Å². The first-order valence-corrected chi connectivity index (χ1v) is 27.1. The highest BCUT2D eigenvalue weighted by Crippen LogP contribution is 2.62. The number of unbranched alkanes of at least 4 members (excludes halogenated alkanes) is 11. The number of aliphatic hydroxyl groups excluding tert-OH is 2. The summed E-state index contributed by atoms with van der Waals surface area (Å²) in [6.07, 6.45) is 22.2. The molecule has 0 spiro atoms. The van der Waals surface area contributed by atoms with E-state index in [1.54, 1.807) is 41.3 Å². The van der Waals surface area contributed by atoms with Gasteiger partial charge in [0.25, 0.3) is 0 Å². The molecule has 1 unspecified atom stereocenters. The molecule has 72 heavy (non-hydrogen) atoms. The third-order valence-electron chi connectivity index (χ3n) is 14.9. The third kappa shape index (κ3) is 14.4. The van der Waals surface area contributed by atoms with Gasteiger partial charge in [-0.1, -0.05) is 119 Å². The fourth-order valence-electron chi connectivity index (χ4n) is 11.3. The Morgan fingerprint density at radius 3 is 2.33 bits per heavy atom. The molecule has 2 aliphatic heterocycles. The molecular weight excluding hydrogens is 916 g/mol. The Labute approximate surface area is 426 Å². The molecule has 2 N–H and O–H groups in total. The molecule has 2 fully saturated rings. The summed E-state index contributed by atoms with van der Waals surface area (Å²) in [4.78, 5) is 34.9. The molecule has 1 amide bonds. The molecule has 1 saturated heterocycles. The largest absolute Gasteiger partial charge is 0.459 e. The summed E-state index contributed by atoms with van der Waals surface area (Å²) in [7, 11) is 0. The predicted octanol–water partition coefficient (Wildman–Crippen LogP) is 13.2. The lowest BCUT2D eigenvalue weighted by Gasteiger charge is -2.60. The molecule has 3 aromatic rings. The molecule has 2 heterocycles. The minimum absolute atomic E-state index is 0.0115. The van der Waals surface area contributed by atoms with Crippen LogP contribution >= 0.6 is 0 Å². The predicted molar refractivity (Wildman–Crippen MR) is 277 cm³/mol. The second-order valence-electron chi connectivity index (χ2n) is 20.0. The standard InChI is InChI=1S/C59H79FN2O10/c1-3-5-6-7-8-9-10-11-12-18-36-68-58(66)62(41-43-26-28-46(60)29-27-43)54-40-52(61-72-55-25-15-19-35-67-55)50-38-45(22-13-16-32-63)49(24-14-17-33-64)56-51-39-48(70-47-23-20-21-44(37-47)42-65)30-31-53(51)71-59(54,57(50)56)69-34-4-2/h4,20-21,23,26-31,37-39,42,45,49,54-57,63-64H,2-3,5-19,22,24-25,32-36,40-41H2,1H3/t45-,49+,54-,55?,56+,57+,59+/m0/s1. The van der Waals surface area contributed by atoms with Gasteiger partial charge in [-0.15, -0.1) is 6.58 Å². The van der Waals surface area contributed by atoms with Crippen molar-refractivity contribution in [1.82, 2.24) is 4.90 Å². The Bertz CT molecular complexity index is 2230. The number of amides is 1. The number of carbonyl (C=O) groups excluding carboxylic acids is 2. The number of aliphatic hydroxyl groups is 2. The maximum Gasteiger partial charge on any atom is 0.410 e. The zero-order valence-electron chi connectivity index (χ0n) is 42.6. The number of hydrogen-bond donors (Lipinski definition) is 2. The normalized spacial score (nSPS) is 23.8. The minimum atomic E-state index is -1.54. The van der Waals surface area contributed by atoms with Crippen molar-refractivity contribution >= 4 is 18.1 Å². The first-order valence-electron chi connectivity index (χ1n) is 27.1. The van der Waals surface area contributed by atoms with E-state index in [-0.39, 0.29) is 63.0 Å². The highest BCUT2D eigenvalue weighted by atomic mass is 19.1. The van der Waals surface area contributed by atoms with Crippen LogP contribution in [0, 0.1) is 23.6 Å². The summed E-state index contributed by atoms with van der Waals surface area (Å²) >= 11 is 0. The molecule has 2 aliphatic carbocycles. The summed E-state index contributed by atoms with van der Waals surface area (Å²) in [6, 6.07) is 18.1. The Kier molecular flexibility index (Phi) is 21.6. The quantitative estimate of drug-likeness (QED) is 0.0286. The van der Waals surface area contributed by atoms with Crippen molar-refractivity contribution in [1.29, 1.82) is 0 Å². The number of hydrogen-bond acceptors (Lipinski definition) is 11. The second kappa shape index (κ2) is 28.4. The molecule has 7 rings (SSSR count). The maximum atomic E-state index is 15.1. The smallest absolute Gasteiger partial charge is 0.410 e. The third-order valence-corrected chi connectivity index (χ3v) is 14.9. The first kappa shape index (κ1) is 54.7. The zero-order valence-corrected chi connectivity index (χ0v) is 42.6. The molecule has 0 aromatic heterocycles. The molecule has 13 heteroatoms. The van der Waals surface area contributed by atoms with Gasteiger partial charge in [0, 0.05) is 49.6 Å².